The normalized spacial score (nSPS) is 16.4. The highest BCUT2D eigenvalue weighted by molar-refractivity contribution is 5.74. The van der Waals surface area contributed by atoms with Gasteiger partial charge in [0, 0.05) is 31.9 Å². The molecule has 4 nitrogen and oxygen atoms in total. The number of nitrogens with one attached hydrogen (secondary N) is 2. The smallest absolute Gasteiger partial charge is 0.315 e. The number of aryl methyl sites for hydroxylation is 3. The molecule has 1 fully saturated rings. The summed E-state index contributed by atoms with van der Waals surface area (Å²) < 4.78 is 13.1. The molecule has 2 aromatic rings. The summed E-state index contributed by atoms with van der Waals surface area (Å²) >= 11 is 0. The van der Waals surface area contributed by atoms with Gasteiger partial charge in [-0.05, 0) is 74.1 Å². The lowest BCUT2D eigenvalue weighted by molar-refractivity contribution is 0.239. The summed E-state index contributed by atoms with van der Waals surface area (Å²) in [7, 11) is 0. The number of rotatable bonds is 5. The first-order chi connectivity index (χ1) is 12.9. The van der Waals surface area contributed by atoms with Crippen molar-refractivity contribution in [2.75, 3.05) is 24.5 Å². The van der Waals surface area contributed by atoms with E-state index in [0.29, 0.717) is 19.0 Å². The topological polar surface area (TPSA) is 44.4 Å². The van der Waals surface area contributed by atoms with E-state index < -0.39 is 0 Å². The number of carbonyl (C=O) groups is 1. The lowest BCUT2D eigenvalue weighted by atomic mass is 10.00. The molecule has 0 bridgehead atoms. The molecule has 1 unspecified atom stereocenters. The first kappa shape index (κ1) is 19.2. The van der Waals surface area contributed by atoms with Crippen LogP contribution in [-0.4, -0.2) is 25.7 Å². The first-order valence-corrected chi connectivity index (χ1v) is 9.51. The Kier molecular flexibility index (Phi) is 5.99. The Balaban J connectivity index is 1.44. The van der Waals surface area contributed by atoms with Crippen LogP contribution >= 0.6 is 0 Å². The van der Waals surface area contributed by atoms with Gasteiger partial charge in [-0.25, -0.2) is 9.18 Å². The van der Waals surface area contributed by atoms with Crippen LogP contribution in [0.4, 0.5) is 14.9 Å². The molecule has 1 saturated heterocycles. The Morgan fingerprint density at radius 3 is 2.44 bits per heavy atom. The maximum atomic E-state index is 13.1. The average Bonchev–Trinajstić information content (AvgIpc) is 3.08. The number of nitrogens with zero attached hydrogens (tertiary/aromatic N) is 1. The molecule has 0 saturated carbocycles. The van der Waals surface area contributed by atoms with E-state index in [1.54, 1.807) is 0 Å². The van der Waals surface area contributed by atoms with Gasteiger partial charge in [0.1, 0.15) is 5.82 Å². The molecule has 0 radical (unpaired) electrons. The Hall–Kier alpha value is -2.56. The zero-order valence-corrected chi connectivity index (χ0v) is 16.3. The Labute approximate surface area is 160 Å². The molecule has 2 amide bonds. The number of amides is 2. The lowest BCUT2D eigenvalue weighted by Crippen LogP contribution is -2.38. The van der Waals surface area contributed by atoms with Crippen molar-refractivity contribution in [1.82, 2.24) is 10.6 Å². The molecule has 1 heterocycles. The number of carbonyl (C=O) groups excluding carboxylic acids is 1. The molecule has 0 aliphatic carbocycles. The number of halogens is 1. The summed E-state index contributed by atoms with van der Waals surface area (Å²) in [6.07, 6.45) is 1.02. The van der Waals surface area contributed by atoms with Crippen molar-refractivity contribution < 1.29 is 9.18 Å². The summed E-state index contributed by atoms with van der Waals surface area (Å²) in [5, 5.41) is 5.96. The van der Waals surface area contributed by atoms with Crippen LogP contribution in [0.15, 0.2) is 36.4 Å². The van der Waals surface area contributed by atoms with Gasteiger partial charge in [0.2, 0.25) is 0 Å². The zero-order chi connectivity index (χ0) is 19.4. The second kappa shape index (κ2) is 8.42. The Morgan fingerprint density at radius 2 is 1.78 bits per heavy atom. The van der Waals surface area contributed by atoms with Crippen molar-refractivity contribution in [3.05, 3.63) is 64.5 Å². The molecule has 1 atom stereocenters. The van der Waals surface area contributed by atoms with Crippen LogP contribution < -0.4 is 15.5 Å². The minimum Gasteiger partial charge on any atom is -0.371 e. The monoisotopic (exact) mass is 369 g/mol. The van der Waals surface area contributed by atoms with Crippen LogP contribution in [-0.2, 0) is 6.54 Å². The number of hydrogen-bond acceptors (Lipinski definition) is 2. The third kappa shape index (κ3) is 5.00. The van der Waals surface area contributed by atoms with Crippen molar-refractivity contribution in [2.45, 2.75) is 33.7 Å². The highest BCUT2D eigenvalue weighted by atomic mass is 19.1. The second-order valence-corrected chi connectivity index (χ2v) is 7.52. The fourth-order valence-corrected chi connectivity index (χ4v) is 3.84. The molecular formula is C22H28FN3O. The summed E-state index contributed by atoms with van der Waals surface area (Å²) in [4.78, 5) is 14.4. The molecule has 27 heavy (non-hydrogen) atoms. The summed E-state index contributed by atoms with van der Waals surface area (Å²) in [5.41, 5.74) is 5.87. The number of benzene rings is 2. The van der Waals surface area contributed by atoms with E-state index >= 15 is 0 Å². The minimum atomic E-state index is -0.216. The van der Waals surface area contributed by atoms with Crippen molar-refractivity contribution >= 4 is 11.7 Å². The van der Waals surface area contributed by atoms with Crippen molar-refractivity contribution in [3.8, 4) is 0 Å². The van der Waals surface area contributed by atoms with E-state index in [2.05, 4.69) is 48.4 Å². The summed E-state index contributed by atoms with van der Waals surface area (Å²) in [6, 6.07) is 10.8. The highest BCUT2D eigenvalue weighted by Crippen LogP contribution is 2.23. The molecule has 144 valence electrons. The van der Waals surface area contributed by atoms with Gasteiger partial charge in [0.25, 0.3) is 0 Å². The van der Waals surface area contributed by atoms with Crippen LogP contribution in [0.2, 0.25) is 0 Å². The largest absolute Gasteiger partial charge is 0.371 e. The van der Waals surface area contributed by atoms with Crippen LogP contribution in [0.1, 0.15) is 28.7 Å². The van der Waals surface area contributed by atoms with E-state index in [1.807, 2.05) is 12.1 Å². The predicted molar refractivity (Wildman–Crippen MR) is 108 cm³/mol. The fraction of sp³-hybridized carbons (Fsp3) is 0.409. The summed E-state index contributed by atoms with van der Waals surface area (Å²) in [5.74, 6) is 0.190. The van der Waals surface area contributed by atoms with Gasteiger partial charge < -0.3 is 15.5 Å². The number of anilines is 1. The quantitative estimate of drug-likeness (QED) is 0.834. The number of hydrogen-bond donors (Lipinski definition) is 2. The maximum Gasteiger partial charge on any atom is 0.315 e. The van der Waals surface area contributed by atoms with Crippen molar-refractivity contribution in [2.24, 2.45) is 5.92 Å². The molecule has 2 aromatic carbocycles. The first-order valence-electron chi connectivity index (χ1n) is 9.51. The fourth-order valence-electron chi connectivity index (χ4n) is 3.84. The van der Waals surface area contributed by atoms with Gasteiger partial charge in [-0.2, -0.15) is 0 Å². The van der Waals surface area contributed by atoms with Gasteiger partial charge in [-0.1, -0.05) is 17.7 Å². The lowest BCUT2D eigenvalue weighted by Gasteiger charge is -2.19. The molecular weight excluding hydrogens is 341 g/mol. The molecule has 1 aliphatic heterocycles. The molecule has 5 heteroatoms. The maximum absolute atomic E-state index is 13.1. The Morgan fingerprint density at radius 1 is 1.11 bits per heavy atom. The minimum absolute atomic E-state index is 0.130. The van der Waals surface area contributed by atoms with Crippen LogP contribution in [0.25, 0.3) is 0 Å². The van der Waals surface area contributed by atoms with Crippen molar-refractivity contribution in [3.63, 3.8) is 0 Å². The molecule has 3 rings (SSSR count). The van der Waals surface area contributed by atoms with Gasteiger partial charge in [0.15, 0.2) is 0 Å². The third-order valence-electron chi connectivity index (χ3n) is 5.30. The van der Waals surface area contributed by atoms with E-state index in [0.717, 1.165) is 25.2 Å². The number of urea groups is 1. The second-order valence-electron chi connectivity index (χ2n) is 7.52. The zero-order valence-electron chi connectivity index (χ0n) is 16.3. The van der Waals surface area contributed by atoms with Crippen LogP contribution in [0.5, 0.6) is 0 Å². The average molecular weight is 369 g/mol. The highest BCUT2D eigenvalue weighted by Gasteiger charge is 2.23. The molecule has 0 aromatic heterocycles. The van der Waals surface area contributed by atoms with Gasteiger partial charge in [0.05, 0.1) is 0 Å². The molecule has 1 aliphatic rings. The SMILES string of the molecule is Cc1cc(C)c(CNC(=O)NCC2CCN(c3ccc(F)cc3)C2)c(C)c1. The Bertz CT molecular complexity index is 781. The van der Waals surface area contributed by atoms with E-state index in [-0.39, 0.29) is 11.8 Å². The van der Waals surface area contributed by atoms with E-state index in [9.17, 15) is 9.18 Å². The van der Waals surface area contributed by atoms with Gasteiger partial charge >= 0.3 is 6.03 Å². The molecule has 2 N–H and O–H groups in total. The van der Waals surface area contributed by atoms with Gasteiger partial charge in [-0.3, -0.25) is 0 Å². The molecule has 0 spiro atoms. The third-order valence-corrected chi connectivity index (χ3v) is 5.30. The predicted octanol–water partition coefficient (Wildman–Crippen LogP) is 4.08. The van der Waals surface area contributed by atoms with E-state index in [1.165, 1.54) is 34.4 Å². The van der Waals surface area contributed by atoms with E-state index in [4.69, 9.17) is 0 Å². The van der Waals surface area contributed by atoms with Crippen LogP contribution in [0, 0.1) is 32.5 Å². The van der Waals surface area contributed by atoms with Gasteiger partial charge in [-0.15, -0.1) is 0 Å². The van der Waals surface area contributed by atoms with Crippen molar-refractivity contribution in [1.29, 1.82) is 0 Å². The van der Waals surface area contributed by atoms with Crippen LogP contribution in [0.3, 0.4) is 0 Å². The summed E-state index contributed by atoms with van der Waals surface area (Å²) in [6.45, 7) is 9.24. The standard InChI is InChI=1S/C22H28FN3O/c1-15-10-16(2)21(17(3)11-15)13-25-22(27)24-12-18-8-9-26(14-18)20-6-4-19(23)5-7-20/h4-7,10-11,18H,8-9,12-14H2,1-3H3,(H2,24,25,27).